The molecule has 66 heavy (non-hydrogen) atoms. The quantitative estimate of drug-likeness (QED) is 0.0545. The molecular formula is C48H60O18. The molecule has 3 aliphatic rings. The molecule has 18 nitrogen and oxygen atoms in total. The zero-order valence-electron chi connectivity index (χ0n) is 36.1. The van der Waals surface area contributed by atoms with E-state index < -0.39 is 92.1 Å². The molecule has 0 spiro atoms. The summed E-state index contributed by atoms with van der Waals surface area (Å²) in [6.45, 7) is -0.349. The smallest absolute Gasteiger partial charge is 0.187 e. The molecule has 0 bridgehead atoms. The summed E-state index contributed by atoms with van der Waals surface area (Å²) in [6.07, 6.45) is -21.5. The largest absolute Gasteiger partial charge is 0.387 e. The Balaban J connectivity index is 1.02. The van der Waals surface area contributed by atoms with Crippen LogP contribution in [0.4, 0.5) is 0 Å². The minimum atomic E-state index is -1.63. The highest BCUT2D eigenvalue weighted by Gasteiger charge is 2.47. The van der Waals surface area contributed by atoms with E-state index in [-0.39, 0.29) is 59.5 Å². The molecule has 0 aliphatic carbocycles. The molecule has 0 unspecified atom stereocenters. The fraction of sp³-hybridized carbons (Fsp3) is 0.500. The predicted octanol–water partition coefficient (Wildman–Crippen LogP) is 0.310. The van der Waals surface area contributed by atoms with Gasteiger partial charge in [-0.25, -0.2) is 0 Å². The second-order valence-corrected chi connectivity index (χ2v) is 16.6. The van der Waals surface area contributed by atoms with Crippen molar-refractivity contribution in [2.45, 2.75) is 132 Å². The third kappa shape index (κ3) is 13.4. The average Bonchev–Trinajstić information content (AvgIpc) is 3.34. The highest BCUT2D eigenvalue weighted by atomic mass is 16.7. The van der Waals surface area contributed by atoms with E-state index in [0.717, 1.165) is 16.7 Å². The van der Waals surface area contributed by atoms with Crippen LogP contribution in [0.5, 0.6) is 0 Å². The molecule has 3 fully saturated rings. The lowest BCUT2D eigenvalue weighted by molar-refractivity contribution is -0.306. The van der Waals surface area contributed by atoms with Crippen molar-refractivity contribution in [3.05, 3.63) is 143 Å². The van der Waals surface area contributed by atoms with Crippen LogP contribution in [-0.2, 0) is 82.3 Å². The zero-order valence-corrected chi connectivity index (χ0v) is 36.1. The van der Waals surface area contributed by atoms with Gasteiger partial charge in [-0.2, -0.15) is 0 Å². The molecule has 3 aliphatic heterocycles. The van der Waals surface area contributed by atoms with Gasteiger partial charge in [-0.15, -0.1) is 0 Å². The van der Waals surface area contributed by atoms with Crippen LogP contribution in [0.3, 0.4) is 0 Å². The molecule has 0 radical (unpaired) electrons. The third-order valence-corrected chi connectivity index (χ3v) is 11.5. The maximum atomic E-state index is 10.9. The summed E-state index contributed by atoms with van der Waals surface area (Å²) in [5.74, 6) is 0. The maximum absolute atomic E-state index is 10.9. The van der Waals surface area contributed by atoms with Crippen molar-refractivity contribution in [2.75, 3.05) is 19.8 Å². The average molecular weight is 925 g/mol. The van der Waals surface area contributed by atoms with Crippen LogP contribution in [-0.4, -0.2) is 158 Å². The monoisotopic (exact) mass is 924 g/mol. The lowest BCUT2D eigenvalue weighted by Gasteiger charge is -2.40. The Labute approximate surface area is 382 Å². The topological polar surface area (TPSA) is 265 Å². The summed E-state index contributed by atoms with van der Waals surface area (Å²) in [5.41, 5.74) is 4.08. The Morgan fingerprint density at radius 3 is 0.818 bits per heavy atom. The summed E-state index contributed by atoms with van der Waals surface area (Å²) in [4.78, 5) is 0. The minimum Gasteiger partial charge on any atom is -0.387 e. The van der Waals surface area contributed by atoms with Gasteiger partial charge >= 0.3 is 0 Å². The SMILES string of the molecule is O[C@H]1[C@@H](O)[C@@H](COCc2ccccc2)O[C@@H](OCc2cc(CO[C@@H]3O[C@H](COCc4ccccc4)[C@H](O)[C@H](O)[C@H]3O)cc(CO[C@@H]3O[C@H](COCc4ccccc4)[C@H](O)[C@H](O)[C@H]3O)c2)[C@@H]1O. The molecule has 0 amide bonds. The van der Waals surface area contributed by atoms with Gasteiger partial charge < -0.3 is 88.6 Å². The van der Waals surface area contributed by atoms with Crippen LogP contribution in [0.15, 0.2) is 109 Å². The highest BCUT2D eigenvalue weighted by molar-refractivity contribution is 5.29. The molecule has 9 N–H and O–H groups in total. The van der Waals surface area contributed by atoms with E-state index in [1.54, 1.807) is 18.2 Å². The molecule has 7 rings (SSSR count). The number of ether oxygens (including phenoxy) is 9. The number of aliphatic hydroxyl groups excluding tert-OH is 9. The molecule has 0 saturated carbocycles. The van der Waals surface area contributed by atoms with Crippen molar-refractivity contribution in [2.24, 2.45) is 0 Å². The summed E-state index contributed by atoms with van der Waals surface area (Å²) in [5, 5.41) is 96.9. The summed E-state index contributed by atoms with van der Waals surface area (Å²) in [6, 6.07) is 33.0. The molecule has 4 aromatic carbocycles. The van der Waals surface area contributed by atoms with Crippen molar-refractivity contribution < 1.29 is 88.6 Å². The summed E-state index contributed by atoms with van der Waals surface area (Å²) >= 11 is 0. The Morgan fingerprint density at radius 1 is 0.303 bits per heavy atom. The highest BCUT2D eigenvalue weighted by Crippen LogP contribution is 2.28. The Kier molecular flexibility index (Phi) is 18.5. The predicted molar refractivity (Wildman–Crippen MR) is 229 cm³/mol. The first-order valence-electron chi connectivity index (χ1n) is 21.9. The number of hydrogen-bond donors (Lipinski definition) is 9. The van der Waals surface area contributed by atoms with Gasteiger partial charge in [0.25, 0.3) is 0 Å². The van der Waals surface area contributed by atoms with Crippen molar-refractivity contribution in [1.29, 1.82) is 0 Å². The fourth-order valence-electron chi connectivity index (χ4n) is 7.80. The van der Waals surface area contributed by atoms with Crippen molar-refractivity contribution in [3.8, 4) is 0 Å². The first-order valence-corrected chi connectivity index (χ1v) is 21.9. The lowest BCUT2D eigenvalue weighted by atomic mass is 9.99. The van der Waals surface area contributed by atoms with Gasteiger partial charge in [-0.05, 0) is 33.4 Å². The van der Waals surface area contributed by atoms with E-state index in [4.69, 9.17) is 42.6 Å². The van der Waals surface area contributed by atoms with Crippen molar-refractivity contribution in [1.82, 2.24) is 0 Å². The molecule has 360 valence electrons. The maximum Gasteiger partial charge on any atom is 0.187 e. The number of rotatable bonds is 21. The normalized spacial score (nSPS) is 32.6. The van der Waals surface area contributed by atoms with Crippen molar-refractivity contribution in [3.63, 3.8) is 0 Å². The lowest BCUT2D eigenvalue weighted by Crippen LogP contribution is -2.59. The second kappa shape index (κ2) is 24.4. The fourth-order valence-corrected chi connectivity index (χ4v) is 7.80. The molecule has 0 aromatic heterocycles. The minimum absolute atomic E-state index is 0.115. The van der Waals surface area contributed by atoms with Gasteiger partial charge in [-0.1, -0.05) is 109 Å². The van der Waals surface area contributed by atoms with Gasteiger partial charge in [0.2, 0.25) is 0 Å². The molecule has 15 atom stereocenters. The van der Waals surface area contributed by atoms with Crippen molar-refractivity contribution >= 4 is 0 Å². The number of aliphatic hydroxyl groups is 9. The third-order valence-electron chi connectivity index (χ3n) is 11.5. The van der Waals surface area contributed by atoms with Crippen LogP contribution in [0, 0.1) is 0 Å². The summed E-state index contributed by atoms with van der Waals surface area (Å²) < 4.78 is 52.9. The first kappa shape index (κ1) is 50.0. The van der Waals surface area contributed by atoms with Gasteiger partial charge in [0.15, 0.2) is 18.9 Å². The van der Waals surface area contributed by atoms with E-state index in [1.807, 2.05) is 91.0 Å². The van der Waals surface area contributed by atoms with Gasteiger partial charge in [0.1, 0.15) is 73.2 Å². The zero-order chi connectivity index (χ0) is 46.6. The molecule has 3 heterocycles. The van der Waals surface area contributed by atoms with Crippen LogP contribution in [0.2, 0.25) is 0 Å². The summed E-state index contributed by atoms with van der Waals surface area (Å²) in [7, 11) is 0. The van der Waals surface area contributed by atoms with Crippen LogP contribution in [0.25, 0.3) is 0 Å². The Hall–Kier alpha value is -3.84. The molecule has 18 heteroatoms. The van der Waals surface area contributed by atoms with E-state index >= 15 is 0 Å². The van der Waals surface area contributed by atoms with Crippen LogP contribution >= 0.6 is 0 Å². The molecule has 4 aromatic rings. The number of hydrogen-bond acceptors (Lipinski definition) is 18. The van der Waals surface area contributed by atoms with E-state index in [1.165, 1.54) is 0 Å². The molecule has 3 saturated heterocycles. The van der Waals surface area contributed by atoms with Gasteiger partial charge in [0.05, 0.1) is 59.5 Å². The van der Waals surface area contributed by atoms with Crippen LogP contribution < -0.4 is 0 Å². The van der Waals surface area contributed by atoms with Gasteiger partial charge in [-0.3, -0.25) is 0 Å². The molecular weight excluding hydrogens is 865 g/mol. The van der Waals surface area contributed by atoms with E-state index in [2.05, 4.69) is 0 Å². The van der Waals surface area contributed by atoms with E-state index in [9.17, 15) is 46.0 Å². The Morgan fingerprint density at radius 2 is 0.561 bits per heavy atom. The standard InChI is InChI=1S/C48H60O18/c49-37-34(25-58-19-28-10-4-1-5-11-28)64-46(43(55)40(37)52)61-22-31-16-32(23-62-47-44(56)41(53)38(50)35(65-47)26-59-20-29-12-6-2-7-13-29)18-33(17-31)24-63-48-45(57)42(54)39(51)36(66-48)27-60-21-30-14-8-3-9-15-30/h1-18,34-57H,19-27H2/t34-,35-,36-,37+,38+,39+,40+,41+,42+,43-,44-,45-,46-,47-,48-/m1/s1. The van der Waals surface area contributed by atoms with Gasteiger partial charge in [0, 0.05) is 0 Å². The number of benzene rings is 4. The first-order chi connectivity index (χ1) is 31.9. The van der Waals surface area contributed by atoms with E-state index in [0.29, 0.717) is 16.7 Å². The second-order valence-electron chi connectivity index (χ2n) is 16.6. The van der Waals surface area contributed by atoms with Crippen LogP contribution in [0.1, 0.15) is 33.4 Å². The Bertz CT molecular complexity index is 1780.